The number of benzene rings is 1. The fraction of sp³-hybridized carbons (Fsp3) is 0.263. The van der Waals surface area contributed by atoms with Crippen LogP contribution in [0.2, 0.25) is 0 Å². The molecule has 2 aromatic rings. The summed E-state index contributed by atoms with van der Waals surface area (Å²) in [5.41, 5.74) is 6.58. The molecule has 0 N–H and O–H groups in total. The Morgan fingerprint density at radius 1 is 1.05 bits per heavy atom. The number of aromatic nitrogens is 1. The van der Waals surface area contributed by atoms with Crippen molar-refractivity contribution in [3.63, 3.8) is 0 Å². The molecule has 1 nitrogen and oxygen atoms in total. The SMILES string of the molecule is CC1=CC(n2c(C)c(C)c3ccccc32)=C[C@@H](C)C=C1. The van der Waals surface area contributed by atoms with Crippen molar-refractivity contribution in [1.29, 1.82) is 0 Å². The monoisotopic (exact) mass is 263 g/mol. The summed E-state index contributed by atoms with van der Waals surface area (Å²) < 4.78 is 2.39. The van der Waals surface area contributed by atoms with E-state index in [2.05, 4.69) is 80.8 Å². The van der Waals surface area contributed by atoms with E-state index in [1.165, 1.54) is 33.4 Å². The Bertz CT molecular complexity index is 753. The van der Waals surface area contributed by atoms with E-state index in [4.69, 9.17) is 0 Å². The molecule has 0 aliphatic heterocycles. The van der Waals surface area contributed by atoms with Crippen LogP contribution in [0.4, 0.5) is 0 Å². The van der Waals surface area contributed by atoms with Gasteiger partial charge in [-0.1, -0.05) is 43.4 Å². The predicted octanol–water partition coefficient (Wildman–Crippen LogP) is 5.25. The van der Waals surface area contributed by atoms with Crippen molar-refractivity contribution < 1.29 is 0 Å². The van der Waals surface area contributed by atoms with Crippen molar-refractivity contribution >= 4 is 16.6 Å². The van der Waals surface area contributed by atoms with E-state index in [1.54, 1.807) is 0 Å². The second-order valence-corrected chi connectivity index (χ2v) is 5.76. The van der Waals surface area contributed by atoms with Gasteiger partial charge in [0.2, 0.25) is 0 Å². The van der Waals surface area contributed by atoms with Gasteiger partial charge in [0.15, 0.2) is 0 Å². The van der Waals surface area contributed by atoms with Crippen LogP contribution in [-0.4, -0.2) is 4.57 Å². The normalized spacial score (nSPS) is 18.9. The minimum Gasteiger partial charge on any atom is -0.314 e. The van der Waals surface area contributed by atoms with Gasteiger partial charge in [-0.05, 0) is 50.0 Å². The van der Waals surface area contributed by atoms with Crippen LogP contribution >= 0.6 is 0 Å². The maximum absolute atomic E-state index is 2.39. The number of aryl methyl sites for hydroxylation is 1. The van der Waals surface area contributed by atoms with Crippen molar-refractivity contribution in [1.82, 2.24) is 4.57 Å². The maximum Gasteiger partial charge on any atom is 0.0533 e. The number of hydrogen-bond acceptors (Lipinski definition) is 0. The van der Waals surface area contributed by atoms with Crippen molar-refractivity contribution in [3.8, 4) is 0 Å². The van der Waals surface area contributed by atoms with E-state index in [-0.39, 0.29) is 0 Å². The Balaban J connectivity index is 2.30. The first-order valence-electron chi connectivity index (χ1n) is 7.23. The van der Waals surface area contributed by atoms with Crippen LogP contribution in [0, 0.1) is 19.8 Å². The third-order valence-corrected chi connectivity index (χ3v) is 4.16. The topological polar surface area (TPSA) is 4.93 Å². The average molecular weight is 263 g/mol. The van der Waals surface area contributed by atoms with E-state index < -0.39 is 0 Å². The molecule has 0 radical (unpaired) electrons. The minimum absolute atomic E-state index is 0.458. The van der Waals surface area contributed by atoms with Crippen LogP contribution in [0.15, 0.2) is 54.1 Å². The number of allylic oxidation sites excluding steroid dienone is 6. The average Bonchev–Trinajstić information content (AvgIpc) is 2.56. The van der Waals surface area contributed by atoms with Gasteiger partial charge in [-0.15, -0.1) is 0 Å². The lowest BCUT2D eigenvalue weighted by Gasteiger charge is -2.11. The molecule has 20 heavy (non-hydrogen) atoms. The summed E-state index contributed by atoms with van der Waals surface area (Å²) in [4.78, 5) is 0. The molecule has 1 atom stereocenters. The molecule has 0 spiro atoms. The number of nitrogens with zero attached hydrogens (tertiary/aromatic N) is 1. The van der Waals surface area contributed by atoms with E-state index in [0.717, 1.165) is 0 Å². The van der Waals surface area contributed by atoms with Gasteiger partial charge in [-0.3, -0.25) is 0 Å². The molecule has 1 aliphatic rings. The standard InChI is InChI=1S/C19H21N/c1-13-9-10-14(2)12-17(11-13)20-16(4)15(3)18-7-5-6-8-19(18)20/h5-13H,1-4H3/t13-/m0/s1. The van der Waals surface area contributed by atoms with Gasteiger partial charge < -0.3 is 4.57 Å². The van der Waals surface area contributed by atoms with Crippen molar-refractivity contribution in [2.45, 2.75) is 27.7 Å². The fourth-order valence-electron chi connectivity index (χ4n) is 2.96. The van der Waals surface area contributed by atoms with Crippen LogP contribution < -0.4 is 0 Å². The summed E-state index contributed by atoms with van der Waals surface area (Å²) in [6.07, 6.45) is 9.08. The Labute approximate surface area is 120 Å². The lowest BCUT2D eigenvalue weighted by atomic mass is 10.1. The van der Waals surface area contributed by atoms with Gasteiger partial charge in [0.05, 0.1) is 5.52 Å². The molecular weight excluding hydrogens is 242 g/mol. The zero-order valence-electron chi connectivity index (χ0n) is 12.6. The Kier molecular flexibility index (Phi) is 3.13. The minimum atomic E-state index is 0.458. The van der Waals surface area contributed by atoms with E-state index in [9.17, 15) is 0 Å². The summed E-state index contributed by atoms with van der Waals surface area (Å²) in [5.74, 6) is 0.458. The molecule has 102 valence electrons. The second kappa shape index (κ2) is 4.82. The summed E-state index contributed by atoms with van der Waals surface area (Å²) in [6.45, 7) is 8.82. The fourth-order valence-corrected chi connectivity index (χ4v) is 2.96. The predicted molar refractivity (Wildman–Crippen MR) is 87.7 cm³/mol. The van der Waals surface area contributed by atoms with Crippen molar-refractivity contribution in [3.05, 3.63) is 65.4 Å². The van der Waals surface area contributed by atoms with Gasteiger partial charge in [-0.2, -0.15) is 0 Å². The highest BCUT2D eigenvalue weighted by Gasteiger charge is 2.13. The summed E-state index contributed by atoms with van der Waals surface area (Å²) in [5, 5.41) is 1.35. The van der Waals surface area contributed by atoms with Crippen molar-refractivity contribution in [2.75, 3.05) is 0 Å². The van der Waals surface area contributed by atoms with Crippen molar-refractivity contribution in [2.24, 2.45) is 5.92 Å². The first kappa shape index (κ1) is 13.0. The van der Waals surface area contributed by atoms with Gasteiger partial charge in [-0.25, -0.2) is 0 Å². The van der Waals surface area contributed by atoms with E-state index >= 15 is 0 Å². The highest BCUT2D eigenvalue weighted by atomic mass is 15.0. The molecule has 0 saturated carbocycles. The van der Waals surface area contributed by atoms with Crippen LogP contribution in [-0.2, 0) is 0 Å². The van der Waals surface area contributed by atoms with Gasteiger partial charge in [0.25, 0.3) is 0 Å². The molecule has 0 bridgehead atoms. The molecule has 0 saturated heterocycles. The Morgan fingerprint density at radius 3 is 2.60 bits per heavy atom. The molecule has 1 heterocycles. The maximum atomic E-state index is 2.39. The van der Waals surface area contributed by atoms with Gasteiger partial charge in [0.1, 0.15) is 0 Å². The quantitative estimate of drug-likeness (QED) is 0.662. The summed E-state index contributed by atoms with van der Waals surface area (Å²) >= 11 is 0. The summed E-state index contributed by atoms with van der Waals surface area (Å²) in [6, 6.07) is 8.66. The molecular formula is C19H21N. The molecule has 3 rings (SSSR count). The summed E-state index contributed by atoms with van der Waals surface area (Å²) in [7, 11) is 0. The Hall–Kier alpha value is -2.02. The molecule has 1 heteroatoms. The van der Waals surface area contributed by atoms with Gasteiger partial charge >= 0.3 is 0 Å². The number of para-hydroxylation sites is 1. The Morgan fingerprint density at radius 2 is 1.80 bits per heavy atom. The lowest BCUT2D eigenvalue weighted by Crippen LogP contribution is -1.99. The third kappa shape index (κ3) is 2.03. The molecule has 0 unspecified atom stereocenters. The molecule has 0 amide bonds. The first-order chi connectivity index (χ1) is 9.58. The number of rotatable bonds is 1. The molecule has 1 aromatic carbocycles. The zero-order valence-corrected chi connectivity index (χ0v) is 12.6. The van der Waals surface area contributed by atoms with E-state index in [1.807, 2.05) is 0 Å². The highest BCUT2D eigenvalue weighted by Crippen LogP contribution is 2.30. The van der Waals surface area contributed by atoms with E-state index in [0.29, 0.717) is 5.92 Å². The second-order valence-electron chi connectivity index (χ2n) is 5.76. The largest absolute Gasteiger partial charge is 0.314 e. The first-order valence-corrected chi connectivity index (χ1v) is 7.23. The van der Waals surface area contributed by atoms with Crippen LogP contribution in [0.1, 0.15) is 25.1 Å². The van der Waals surface area contributed by atoms with Crippen LogP contribution in [0.25, 0.3) is 16.6 Å². The van der Waals surface area contributed by atoms with Crippen LogP contribution in [0.3, 0.4) is 0 Å². The van der Waals surface area contributed by atoms with Crippen LogP contribution in [0.5, 0.6) is 0 Å². The smallest absolute Gasteiger partial charge is 0.0533 e. The van der Waals surface area contributed by atoms with Gasteiger partial charge in [0, 0.05) is 16.8 Å². The molecule has 1 aromatic heterocycles. The lowest BCUT2D eigenvalue weighted by molar-refractivity contribution is 0.930. The highest BCUT2D eigenvalue weighted by molar-refractivity contribution is 5.89. The molecule has 0 fully saturated rings. The molecule has 1 aliphatic carbocycles. The number of fused-ring (bicyclic) bond motifs is 1. The zero-order chi connectivity index (χ0) is 14.3. The number of hydrogen-bond donors (Lipinski definition) is 0. The third-order valence-electron chi connectivity index (χ3n) is 4.16.